The van der Waals surface area contributed by atoms with E-state index >= 15 is 0 Å². The maximum Gasteiger partial charge on any atom is 0.269 e. The van der Waals surface area contributed by atoms with E-state index in [-0.39, 0.29) is 19.1 Å². The molecule has 0 aliphatic carbocycles. The van der Waals surface area contributed by atoms with Crippen LogP contribution in [0.3, 0.4) is 0 Å². The SMILES string of the molecule is CCCOc1cc(CO)cc2c1OC(CC)C(=O)N2CC#N. The Morgan fingerprint density at radius 2 is 2.23 bits per heavy atom. The molecule has 1 unspecified atom stereocenters. The van der Waals surface area contributed by atoms with Crippen molar-refractivity contribution in [1.82, 2.24) is 0 Å². The third-order valence-corrected chi connectivity index (χ3v) is 3.43. The molecular formula is C16H20N2O4. The molecular weight excluding hydrogens is 284 g/mol. The molecule has 1 N–H and O–H groups in total. The zero-order valence-electron chi connectivity index (χ0n) is 12.8. The smallest absolute Gasteiger partial charge is 0.269 e. The molecule has 1 aliphatic rings. The van der Waals surface area contributed by atoms with E-state index in [0.29, 0.717) is 35.8 Å². The molecule has 2 rings (SSSR count). The summed E-state index contributed by atoms with van der Waals surface area (Å²) >= 11 is 0. The Hall–Kier alpha value is -2.26. The fourth-order valence-corrected chi connectivity index (χ4v) is 2.35. The van der Waals surface area contributed by atoms with Crippen molar-refractivity contribution in [3.05, 3.63) is 17.7 Å². The second kappa shape index (κ2) is 7.14. The normalized spacial score (nSPS) is 16.7. The first-order valence-electron chi connectivity index (χ1n) is 7.41. The fourth-order valence-electron chi connectivity index (χ4n) is 2.35. The molecule has 0 radical (unpaired) electrons. The van der Waals surface area contributed by atoms with Gasteiger partial charge in [0, 0.05) is 0 Å². The van der Waals surface area contributed by atoms with E-state index in [1.54, 1.807) is 12.1 Å². The highest BCUT2D eigenvalue weighted by molar-refractivity contribution is 6.01. The van der Waals surface area contributed by atoms with Crippen LogP contribution in [0.2, 0.25) is 0 Å². The average Bonchev–Trinajstić information content (AvgIpc) is 2.54. The summed E-state index contributed by atoms with van der Waals surface area (Å²) in [6, 6.07) is 5.37. The molecule has 1 amide bonds. The Balaban J connectivity index is 2.53. The van der Waals surface area contributed by atoms with Crippen molar-refractivity contribution < 1.29 is 19.4 Å². The van der Waals surface area contributed by atoms with Gasteiger partial charge in [0.1, 0.15) is 6.54 Å². The molecule has 0 saturated heterocycles. The predicted molar refractivity (Wildman–Crippen MR) is 80.8 cm³/mol. The Labute approximate surface area is 129 Å². The summed E-state index contributed by atoms with van der Waals surface area (Å²) in [5.41, 5.74) is 1.09. The summed E-state index contributed by atoms with van der Waals surface area (Å²) in [6.07, 6.45) is 0.718. The van der Waals surface area contributed by atoms with E-state index in [4.69, 9.17) is 14.7 Å². The molecule has 22 heavy (non-hydrogen) atoms. The Morgan fingerprint density at radius 3 is 2.82 bits per heavy atom. The van der Waals surface area contributed by atoms with E-state index in [1.807, 2.05) is 19.9 Å². The largest absolute Gasteiger partial charge is 0.490 e. The highest BCUT2D eigenvalue weighted by Gasteiger charge is 2.35. The van der Waals surface area contributed by atoms with Gasteiger partial charge in [-0.05, 0) is 30.5 Å². The lowest BCUT2D eigenvalue weighted by Crippen LogP contribution is -2.46. The molecule has 1 atom stereocenters. The molecule has 1 aromatic carbocycles. The first-order chi connectivity index (χ1) is 10.7. The van der Waals surface area contributed by atoms with Gasteiger partial charge in [0.2, 0.25) is 0 Å². The zero-order chi connectivity index (χ0) is 16.1. The van der Waals surface area contributed by atoms with Crippen LogP contribution in [0.1, 0.15) is 32.3 Å². The molecule has 0 bridgehead atoms. The minimum atomic E-state index is -0.621. The molecule has 1 aromatic rings. The van der Waals surface area contributed by atoms with Crippen molar-refractivity contribution in [2.75, 3.05) is 18.1 Å². The number of amides is 1. The topological polar surface area (TPSA) is 82.8 Å². The van der Waals surface area contributed by atoms with Crippen molar-refractivity contribution in [2.45, 2.75) is 39.4 Å². The van der Waals surface area contributed by atoms with Gasteiger partial charge in [0.05, 0.1) is 25.0 Å². The molecule has 0 spiro atoms. The van der Waals surface area contributed by atoms with E-state index in [2.05, 4.69) is 0 Å². The van der Waals surface area contributed by atoms with Crippen molar-refractivity contribution in [3.63, 3.8) is 0 Å². The maximum absolute atomic E-state index is 12.4. The van der Waals surface area contributed by atoms with E-state index in [1.165, 1.54) is 4.90 Å². The minimum Gasteiger partial charge on any atom is -0.490 e. The van der Waals surface area contributed by atoms with Crippen LogP contribution in [0, 0.1) is 11.3 Å². The number of benzene rings is 1. The summed E-state index contributed by atoms with van der Waals surface area (Å²) in [4.78, 5) is 13.8. The molecule has 0 aromatic heterocycles. The van der Waals surface area contributed by atoms with Gasteiger partial charge in [0.25, 0.3) is 5.91 Å². The number of aliphatic hydroxyl groups is 1. The first kappa shape index (κ1) is 16.1. The molecule has 1 aliphatic heterocycles. The molecule has 118 valence electrons. The van der Waals surface area contributed by atoms with Crippen LogP contribution >= 0.6 is 0 Å². The summed E-state index contributed by atoms with van der Waals surface area (Å²) in [7, 11) is 0. The van der Waals surface area contributed by atoms with Crippen LogP contribution in [0.4, 0.5) is 5.69 Å². The molecule has 1 heterocycles. The van der Waals surface area contributed by atoms with E-state index < -0.39 is 6.10 Å². The van der Waals surface area contributed by atoms with Crippen molar-refractivity contribution >= 4 is 11.6 Å². The second-order valence-electron chi connectivity index (χ2n) is 5.05. The number of nitriles is 1. The summed E-state index contributed by atoms with van der Waals surface area (Å²) in [5, 5.41) is 18.4. The van der Waals surface area contributed by atoms with Crippen LogP contribution in [0.25, 0.3) is 0 Å². The number of ether oxygens (including phenoxy) is 2. The summed E-state index contributed by atoms with van der Waals surface area (Å²) in [6.45, 7) is 4.11. The molecule has 6 nitrogen and oxygen atoms in total. The third kappa shape index (κ3) is 3.00. The Morgan fingerprint density at radius 1 is 1.45 bits per heavy atom. The highest BCUT2D eigenvalue weighted by atomic mass is 16.5. The van der Waals surface area contributed by atoms with Crippen LogP contribution in [0.5, 0.6) is 11.5 Å². The summed E-state index contributed by atoms with van der Waals surface area (Å²) < 4.78 is 11.5. The number of hydrogen-bond donors (Lipinski definition) is 1. The maximum atomic E-state index is 12.4. The number of nitrogens with zero attached hydrogens (tertiary/aromatic N) is 2. The summed E-state index contributed by atoms with van der Waals surface area (Å²) in [5.74, 6) is 0.720. The lowest BCUT2D eigenvalue weighted by molar-refractivity contribution is -0.126. The third-order valence-electron chi connectivity index (χ3n) is 3.43. The van der Waals surface area contributed by atoms with Crippen molar-refractivity contribution in [1.29, 1.82) is 5.26 Å². The van der Waals surface area contributed by atoms with Gasteiger partial charge in [-0.25, -0.2) is 0 Å². The van der Waals surface area contributed by atoms with Gasteiger partial charge in [-0.1, -0.05) is 13.8 Å². The standard InChI is InChI=1S/C16H20N2O4/c1-3-7-21-14-9-11(10-19)8-12-15(14)22-13(4-2)16(20)18(12)6-5-17/h8-9,13,19H,3-4,6-7,10H2,1-2H3. The number of anilines is 1. The Bertz CT molecular complexity index is 595. The Kier molecular flexibility index (Phi) is 5.23. The molecule has 6 heteroatoms. The van der Waals surface area contributed by atoms with Crippen LogP contribution in [-0.2, 0) is 11.4 Å². The number of carbonyl (C=O) groups excluding carboxylic acids is 1. The molecule has 0 fully saturated rings. The van der Waals surface area contributed by atoms with Crippen LogP contribution < -0.4 is 14.4 Å². The number of carbonyl (C=O) groups is 1. The molecule has 0 saturated carbocycles. The lowest BCUT2D eigenvalue weighted by Gasteiger charge is -2.34. The van der Waals surface area contributed by atoms with E-state index in [0.717, 1.165) is 6.42 Å². The van der Waals surface area contributed by atoms with Crippen molar-refractivity contribution in [3.8, 4) is 17.6 Å². The zero-order valence-corrected chi connectivity index (χ0v) is 12.8. The quantitative estimate of drug-likeness (QED) is 0.813. The van der Waals surface area contributed by atoms with E-state index in [9.17, 15) is 9.90 Å². The van der Waals surface area contributed by atoms with Gasteiger partial charge in [-0.3, -0.25) is 9.69 Å². The minimum absolute atomic E-state index is 0.0617. The average molecular weight is 304 g/mol. The van der Waals surface area contributed by atoms with Gasteiger partial charge in [0.15, 0.2) is 17.6 Å². The number of aliphatic hydroxyl groups excluding tert-OH is 1. The monoisotopic (exact) mass is 304 g/mol. The van der Waals surface area contributed by atoms with Gasteiger partial charge < -0.3 is 14.6 Å². The lowest BCUT2D eigenvalue weighted by atomic mass is 10.1. The van der Waals surface area contributed by atoms with Crippen LogP contribution in [0.15, 0.2) is 12.1 Å². The highest BCUT2D eigenvalue weighted by Crippen LogP contribution is 2.43. The van der Waals surface area contributed by atoms with Gasteiger partial charge >= 0.3 is 0 Å². The number of fused-ring (bicyclic) bond motifs is 1. The first-order valence-corrected chi connectivity index (χ1v) is 7.41. The van der Waals surface area contributed by atoms with Gasteiger partial charge in [-0.15, -0.1) is 0 Å². The van der Waals surface area contributed by atoms with Gasteiger partial charge in [-0.2, -0.15) is 5.26 Å². The fraction of sp³-hybridized carbons (Fsp3) is 0.500. The number of rotatable bonds is 6. The second-order valence-corrected chi connectivity index (χ2v) is 5.05. The van der Waals surface area contributed by atoms with Crippen LogP contribution in [-0.4, -0.2) is 30.3 Å². The van der Waals surface area contributed by atoms with Crippen molar-refractivity contribution in [2.24, 2.45) is 0 Å². The predicted octanol–water partition coefficient (Wildman–Crippen LogP) is 2.00. The number of hydrogen-bond acceptors (Lipinski definition) is 5.